The number of fused-ring (bicyclic) bond motifs is 1. The fourth-order valence-corrected chi connectivity index (χ4v) is 6.13. The Kier molecular flexibility index (Phi) is 4.33. The molecule has 0 bridgehead atoms. The van der Waals surface area contributed by atoms with Crippen LogP contribution in [0.4, 0.5) is 0 Å². The van der Waals surface area contributed by atoms with E-state index in [0.717, 1.165) is 12.0 Å². The summed E-state index contributed by atoms with van der Waals surface area (Å²) in [4.78, 5) is 0. The molecule has 1 aromatic carbocycles. The van der Waals surface area contributed by atoms with Crippen molar-refractivity contribution in [3.63, 3.8) is 0 Å². The van der Waals surface area contributed by atoms with Crippen LogP contribution in [0, 0.1) is 0 Å². The highest BCUT2D eigenvalue weighted by Crippen LogP contribution is 2.36. The van der Waals surface area contributed by atoms with Gasteiger partial charge in [-0.3, -0.25) is 0 Å². The Labute approximate surface area is 126 Å². The van der Waals surface area contributed by atoms with E-state index in [1.807, 2.05) is 19.2 Å². The highest BCUT2D eigenvalue weighted by molar-refractivity contribution is 7.92. The standard InChI is InChI=1S/C16H23NO3S/c1-17-16-14-5-3-2-4-12(14)6-7-15(16)21(18,19)13-8-10-20-11-9-13/h2-5,13,15-17H,6-11H2,1H3. The van der Waals surface area contributed by atoms with E-state index in [0.29, 0.717) is 32.5 Å². The van der Waals surface area contributed by atoms with Gasteiger partial charge >= 0.3 is 0 Å². The van der Waals surface area contributed by atoms with Gasteiger partial charge in [-0.25, -0.2) is 8.42 Å². The number of benzene rings is 1. The zero-order valence-electron chi connectivity index (χ0n) is 12.4. The lowest BCUT2D eigenvalue weighted by molar-refractivity contribution is 0.0980. The molecule has 1 fully saturated rings. The van der Waals surface area contributed by atoms with Crippen LogP contribution in [-0.4, -0.2) is 39.2 Å². The molecule has 1 N–H and O–H groups in total. The van der Waals surface area contributed by atoms with Crippen LogP contribution in [0.25, 0.3) is 0 Å². The first-order chi connectivity index (χ1) is 10.1. The van der Waals surface area contributed by atoms with Gasteiger partial charge in [0.25, 0.3) is 0 Å². The average Bonchev–Trinajstić information content (AvgIpc) is 2.54. The summed E-state index contributed by atoms with van der Waals surface area (Å²) in [6, 6.07) is 8.09. The molecule has 2 aliphatic rings. The molecule has 2 atom stereocenters. The van der Waals surface area contributed by atoms with Crippen molar-refractivity contribution >= 4 is 9.84 Å². The van der Waals surface area contributed by atoms with E-state index in [4.69, 9.17) is 4.74 Å². The molecule has 0 amide bonds. The van der Waals surface area contributed by atoms with Gasteiger partial charge in [-0.1, -0.05) is 24.3 Å². The predicted octanol–water partition coefficient (Wildman–Crippen LogP) is 1.86. The zero-order valence-corrected chi connectivity index (χ0v) is 13.2. The number of ether oxygens (including phenoxy) is 1. The topological polar surface area (TPSA) is 55.4 Å². The fourth-order valence-electron chi connectivity index (χ4n) is 3.68. The lowest BCUT2D eigenvalue weighted by Gasteiger charge is -2.36. The van der Waals surface area contributed by atoms with Crippen LogP contribution in [-0.2, 0) is 21.0 Å². The number of nitrogens with one attached hydrogen (secondary N) is 1. The molecule has 5 heteroatoms. The van der Waals surface area contributed by atoms with Gasteiger partial charge in [0.15, 0.2) is 9.84 Å². The third-order valence-electron chi connectivity index (χ3n) is 4.83. The summed E-state index contributed by atoms with van der Waals surface area (Å²) in [5.74, 6) is 0. The van der Waals surface area contributed by atoms with Crippen LogP contribution >= 0.6 is 0 Å². The molecule has 0 spiro atoms. The molecule has 21 heavy (non-hydrogen) atoms. The normalized spacial score (nSPS) is 27.3. The third-order valence-corrected chi connectivity index (χ3v) is 7.58. The smallest absolute Gasteiger partial charge is 0.158 e. The van der Waals surface area contributed by atoms with Crippen molar-refractivity contribution < 1.29 is 13.2 Å². The lowest BCUT2D eigenvalue weighted by Crippen LogP contribution is -2.44. The first-order valence-corrected chi connectivity index (χ1v) is 9.31. The average molecular weight is 309 g/mol. The summed E-state index contributed by atoms with van der Waals surface area (Å²) in [5.41, 5.74) is 2.42. The first kappa shape index (κ1) is 15.0. The Balaban J connectivity index is 1.91. The van der Waals surface area contributed by atoms with Gasteiger partial charge in [-0.2, -0.15) is 0 Å². The Morgan fingerprint density at radius 1 is 1.14 bits per heavy atom. The van der Waals surface area contributed by atoms with Crippen molar-refractivity contribution in [2.75, 3.05) is 20.3 Å². The maximum absolute atomic E-state index is 13.0. The predicted molar refractivity (Wildman–Crippen MR) is 83.1 cm³/mol. The summed E-state index contributed by atoms with van der Waals surface area (Å²) in [6.07, 6.45) is 2.83. The lowest BCUT2D eigenvalue weighted by atomic mass is 9.87. The second kappa shape index (κ2) is 6.07. The molecule has 1 aromatic rings. The first-order valence-electron chi connectivity index (χ1n) is 7.70. The molecule has 0 saturated carbocycles. The summed E-state index contributed by atoms with van der Waals surface area (Å²) < 4.78 is 31.4. The van der Waals surface area contributed by atoms with Gasteiger partial charge in [0.05, 0.1) is 10.5 Å². The van der Waals surface area contributed by atoms with Crippen molar-refractivity contribution in [1.82, 2.24) is 5.32 Å². The molecule has 1 aliphatic carbocycles. The Morgan fingerprint density at radius 2 is 1.86 bits per heavy atom. The number of hydrogen-bond acceptors (Lipinski definition) is 4. The van der Waals surface area contributed by atoms with Crippen molar-refractivity contribution in [2.24, 2.45) is 0 Å². The molecule has 0 radical (unpaired) electrons. The summed E-state index contributed by atoms with van der Waals surface area (Å²) >= 11 is 0. The van der Waals surface area contributed by atoms with E-state index in [-0.39, 0.29) is 16.5 Å². The second-order valence-corrected chi connectivity index (χ2v) is 8.39. The molecule has 2 unspecified atom stereocenters. The largest absolute Gasteiger partial charge is 0.381 e. The van der Waals surface area contributed by atoms with Crippen molar-refractivity contribution in [2.45, 2.75) is 42.2 Å². The maximum atomic E-state index is 13.0. The fraction of sp³-hybridized carbons (Fsp3) is 0.625. The highest BCUT2D eigenvalue weighted by Gasteiger charge is 2.41. The summed E-state index contributed by atoms with van der Waals surface area (Å²) in [5, 5.41) is 2.69. The van der Waals surface area contributed by atoms with E-state index in [9.17, 15) is 8.42 Å². The third kappa shape index (κ3) is 2.74. The maximum Gasteiger partial charge on any atom is 0.158 e. The monoisotopic (exact) mass is 309 g/mol. The molecule has 1 heterocycles. The molecule has 3 rings (SSSR count). The van der Waals surface area contributed by atoms with Crippen LogP contribution in [0.2, 0.25) is 0 Å². The Morgan fingerprint density at radius 3 is 2.57 bits per heavy atom. The van der Waals surface area contributed by atoms with Crippen LogP contribution in [0.1, 0.15) is 36.4 Å². The molecule has 1 aliphatic heterocycles. The minimum absolute atomic E-state index is 0.0946. The van der Waals surface area contributed by atoms with Crippen molar-refractivity contribution in [3.8, 4) is 0 Å². The van der Waals surface area contributed by atoms with Gasteiger partial charge in [-0.05, 0) is 43.9 Å². The van der Waals surface area contributed by atoms with Gasteiger partial charge in [0.1, 0.15) is 0 Å². The second-order valence-electron chi connectivity index (χ2n) is 5.94. The van der Waals surface area contributed by atoms with E-state index >= 15 is 0 Å². The molecular formula is C16H23NO3S. The molecule has 116 valence electrons. The summed E-state index contributed by atoms with van der Waals surface area (Å²) in [7, 11) is -1.27. The van der Waals surface area contributed by atoms with E-state index in [2.05, 4.69) is 17.4 Å². The molecule has 4 nitrogen and oxygen atoms in total. The van der Waals surface area contributed by atoms with Crippen LogP contribution in [0.15, 0.2) is 24.3 Å². The van der Waals surface area contributed by atoms with Gasteiger partial charge < -0.3 is 10.1 Å². The van der Waals surface area contributed by atoms with E-state index in [1.54, 1.807) is 0 Å². The number of sulfone groups is 1. The number of rotatable bonds is 3. The van der Waals surface area contributed by atoms with Gasteiger partial charge in [-0.15, -0.1) is 0 Å². The Bertz CT molecular complexity index is 593. The highest BCUT2D eigenvalue weighted by atomic mass is 32.2. The van der Waals surface area contributed by atoms with Crippen LogP contribution in [0.3, 0.4) is 0 Å². The van der Waals surface area contributed by atoms with Gasteiger partial charge in [0.2, 0.25) is 0 Å². The molecule has 0 aromatic heterocycles. The van der Waals surface area contributed by atoms with E-state index in [1.165, 1.54) is 5.56 Å². The molecule has 1 saturated heterocycles. The van der Waals surface area contributed by atoms with Crippen LogP contribution < -0.4 is 5.32 Å². The number of hydrogen-bond donors (Lipinski definition) is 1. The quantitative estimate of drug-likeness (QED) is 0.926. The zero-order chi connectivity index (χ0) is 14.9. The molecular weight excluding hydrogens is 286 g/mol. The van der Waals surface area contributed by atoms with Gasteiger partial charge in [0, 0.05) is 19.3 Å². The Hall–Kier alpha value is -0.910. The van der Waals surface area contributed by atoms with E-state index < -0.39 is 9.84 Å². The minimum Gasteiger partial charge on any atom is -0.381 e. The van der Waals surface area contributed by atoms with Crippen LogP contribution in [0.5, 0.6) is 0 Å². The number of aryl methyl sites for hydroxylation is 1. The van der Waals surface area contributed by atoms with Crippen molar-refractivity contribution in [3.05, 3.63) is 35.4 Å². The summed E-state index contributed by atoms with van der Waals surface area (Å²) in [6.45, 7) is 1.13. The van der Waals surface area contributed by atoms with Crippen molar-refractivity contribution in [1.29, 1.82) is 0 Å². The SMILES string of the molecule is CNC1c2ccccc2CCC1S(=O)(=O)C1CCOCC1. The minimum atomic E-state index is -3.13.